The molecule has 0 atom stereocenters. The third-order valence-electron chi connectivity index (χ3n) is 1.56. The van der Waals surface area contributed by atoms with E-state index in [1.807, 2.05) is 19.2 Å². The number of hydrogen-bond acceptors (Lipinski definition) is 1. The van der Waals surface area contributed by atoms with Crippen LogP contribution in [0.25, 0.3) is 0 Å². The van der Waals surface area contributed by atoms with E-state index in [0.717, 1.165) is 6.42 Å². The highest BCUT2D eigenvalue weighted by Crippen LogP contribution is 2.13. The van der Waals surface area contributed by atoms with Crippen molar-refractivity contribution in [3.8, 4) is 0 Å². The van der Waals surface area contributed by atoms with E-state index in [4.69, 9.17) is 0 Å². The average Bonchev–Trinajstić information content (AvgIpc) is 2.04. The highest BCUT2D eigenvalue weighted by Gasteiger charge is 1.93. The Balaban J connectivity index is 2.96. The van der Waals surface area contributed by atoms with Crippen molar-refractivity contribution in [1.29, 1.82) is 0 Å². The number of benzene rings is 1. The Kier molecular flexibility index (Phi) is 2.32. The van der Waals surface area contributed by atoms with E-state index >= 15 is 0 Å². The summed E-state index contributed by atoms with van der Waals surface area (Å²) in [5.41, 5.74) is 2.45. The first-order valence-electron chi connectivity index (χ1n) is 3.43. The van der Waals surface area contributed by atoms with E-state index in [2.05, 4.69) is 24.4 Å². The molecule has 1 nitrogen and oxygen atoms in total. The maximum absolute atomic E-state index is 3.82. The van der Waals surface area contributed by atoms with Crippen LogP contribution < -0.4 is 5.32 Å². The fourth-order valence-electron chi connectivity index (χ4n) is 0.982. The van der Waals surface area contributed by atoms with Crippen molar-refractivity contribution in [3.63, 3.8) is 0 Å². The Labute approximate surface area is 62.1 Å². The number of para-hydroxylation sites is 1. The fourth-order valence-corrected chi connectivity index (χ4v) is 0.982. The lowest BCUT2D eigenvalue weighted by Crippen LogP contribution is -1.92. The van der Waals surface area contributed by atoms with Crippen LogP contribution in [0.5, 0.6) is 0 Å². The summed E-state index contributed by atoms with van der Waals surface area (Å²) in [6.07, 6.45) is 0.844. The van der Waals surface area contributed by atoms with Crippen molar-refractivity contribution in [3.05, 3.63) is 36.8 Å². The molecule has 53 valence electrons. The number of rotatable bonds is 2. The molecule has 0 aliphatic heterocycles. The summed E-state index contributed by atoms with van der Waals surface area (Å²) >= 11 is 0. The van der Waals surface area contributed by atoms with Crippen molar-refractivity contribution in [2.45, 2.75) is 6.42 Å². The maximum Gasteiger partial charge on any atom is 0.0370 e. The van der Waals surface area contributed by atoms with Crippen molar-refractivity contribution in [2.24, 2.45) is 0 Å². The van der Waals surface area contributed by atoms with Gasteiger partial charge in [-0.1, -0.05) is 18.2 Å². The van der Waals surface area contributed by atoms with Gasteiger partial charge in [0, 0.05) is 12.7 Å². The van der Waals surface area contributed by atoms with Gasteiger partial charge in [-0.25, -0.2) is 0 Å². The topological polar surface area (TPSA) is 12.0 Å². The van der Waals surface area contributed by atoms with E-state index in [0.29, 0.717) is 0 Å². The van der Waals surface area contributed by atoms with Crippen molar-refractivity contribution in [1.82, 2.24) is 0 Å². The monoisotopic (exact) mass is 134 g/mol. The molecule has 0 spiro atoms. The molecule has 0 fully saturated rings. The Hall–Kier alpha value is -0.980. The normalized spacial score (nSPS) is 9.40. The summed E-state index contributed by atoms with van der Waals surface area (Å²) < 4.78 is 0. The van der Waals surface area contributed by atoms with Gasteiger partial charge >= 0.3 is 0 Å². The molecule has 0 aromatic heterocycles. The van der Waals surface area contributed by atoms with Gasteiger partial charge in [-0.05, 0) is 25.0 Å². The SMILES string of the molecule is [CH2]Cc1ccccc1NC. The second-order valence-electron chi connectivity index (χ2n) is 2.16. The summed E-state index contributed by atoms with van der Waals surface area (Å²) in [4.78, 5) is 0. The average molecular weight is 134 g/mol. The van der Waals surface area contributed by atoms with Gasteiger partial charge in [0.1, 0.15) is 0 Å². The molecule has 0 saturated heterocycles. The molecule has 1 aromatic carbocycles. The third-order valence-corrected chi connectivity index (χ3v) is 1.56. The van der Waals surface area contributed by atoms with Gasteiger partial charge < -0.3 is 5.32 Å². The molecular formula is C9H12N. The van der Waals surface area contributed by atoms with Gasteiger partial charge in [0.25, 0.3) is 0 Å². The summed E-state index contributed by atoms with van der Waals surface area (Å²) in [6.45, 7) is 3.82. The quantitative estimate of drug-likeness (QED) is 0.653. The van der Waals surface area contributed by atoms with E-state index < -0.39 is 0 Å². The molecule has 0 saturated carbocycles. The smallest absolute Gasteiger partial charge is 0.0370 e. The van der Waals surface area contributed by atoms with E-state index in [1.54, 1.807) is 0 Å². The van der Waals surface area contributed by atoms with Gasteiger partial charge in [-0.3, -0.25) is 0 Å². The Morgan fingerprint density at radius 2 is 2.10 bits per heavy atom. The number of hydrogen-bond donors (Lipinski definition) is 1. The minimum atomic E-state index is 0.844. The number of nitrogens with one attached hydrogen (secondary N) is 1. The molecule has 0 aliphatic carbocycles. The van der Waals surface area contributed by atoms with Crippen LogP contribution in [0.4, 0.5) is 5.69 Å². The lowest BCUT2D eigenvalue weighted by Gasteiger charge is -2.04. The predicted octanol–water partition coefficient (Wildman–Crippen LogP) is 2.10. The Morgan fingerprint density at radius 1 is 1.40 bits per heavy atom. The van der Waals surface area contributed by atoms with Crippen LogP contribution in [-0.2, 0) is 6.42 Å². The zero-order valence-electron chi connectivity index (χ0n) is 6.22. The molecule has 0 bridgehead atoms. The minimum absolute atomic E-state index is 0.844. The predicted molar refractivity (Wildman–Crippen MR) is 45.0 cm³/mol. The van der Waals surface area contributed by atoms with Crippen molar-refractivity contribution < 1.29 is 0 Å². The molecule has 1 N–H and O–H groups in total. The zero-order chi connectivity index (χ0) is 7.40. The summed E-state index contributed by atoms with van der Waals surface area (Å²) in [5, 5.41) is 3.11. The van der Waals surface area contributed by atoms with Gasteiger partial charge in [-0.2, -0.15) is 0 Å². The second-order valence-corrected chi connectivity index (χ2v) is 2.16. The van der Waals surface area contributed by atoms with Gasteiger partial charge in [0.05, 0.1) is 0 Å². The summed E-state index contributed by atoms with van der Waals surface area (Å²) in [5.74, 6) is 0. The minimum Gasteiger partial charge on any atom is -0.388 e. The standard InChI is InChI=1S/C9H12N/c1-3-8-6-4-5-7-9(8)10-2/h4-7,10H,1,3H2,2H3. The lowest BCUT2D eigenvalue weighted by atomic mass is 10.1. The second kappa shape index (κ2) is 3.25. The summed E-state index contributed by atoms with van der Waals surface area (Å²) in [6, 6.07) is 8.19. The van der Waals surface area contributed by atoms with E-state index in [1.165, 1.54) is 11.3 Å². The summed E-state index contributed by atoms with van der Waals surface area (Å²) in [7, 11) is 1.93. The molecule has 0 heterocycles. The fraction of sp³-hybridized carbons (Fsp3) is 0.222. The van der Waals surface area contributed by atoms with Crippen LogP contribution >= 0.6 is 0 Å². The highest BCUT2D eigenvalue weighted by atomic mass is 14.8. The third kappa shape index (κ3) is 1.29. The van der Waals surface area contributed by atoms with Gasteiger partial charge in [0.2, 0.25) is 0 Å². The Morgan fingerprint density at radius 3 is 2.60 bits per heavy atom. The first kappa shape index (κ1) is 7.13. The molecule has 10 heavy (non-hydrogen) atoms. The van der Waals surface area contributed by atoms with Crippen molar-refractivity contribution >= 4 is 5.69 Å². The molecule has 0 unspecified atom stereocenters. The molecule has 0 aliphatic rings. The van der Waals surface area contributed by atoms with Crippen LogP contribution in [-0.4, -0.2) is 7.05 Å². The molecule has 1 radical (unpaired) electrons. The molecule has 0 amide bonds. The lowest BCUT2D eigenvalue weighted by molar-refractivity contribution is 1.26. The largest absolute Gasteiger partial charge is 0.388 e. The van der Waals surface area contributed by atoms with Gasteiger partial charge in [-0.15, -0.1) is 0 Å². The van der Waals surface area contributed by atoms with Crippen molar-refractivity contribution in [2.75, 3.05) is 12.4 Å². The zero-order valence-corrected chi connectivity index (χ0v) is 6.22. The van der Waals surface area contributed by atoms with Crippen LogP contribution in [0.2, 0.25) is 0 Å². The molecule has 1 rings (SSSR count). The van der Waals surface area contributed by atoms with Crippen LogP contribution in [0.15, 0.2) is 24.3 Å². The van der Waals surface area contributed by atoms with E-state index in [-0.39, 0.29) is 0 Å². The number of anilines is 1. The molecular weight excluding hydrogens is 122 g/mol. The Bertz CT molecular complexity index is 183. The van der Waals surface area contributed by atoms with Crippen LogP contribution in [0, 0.1) is 6.92 Å². The van der Waals surface area contributed by atoms with Gasteiger partial charge in [0.15, 0.2) is 0 Å². The first-order valence-corrected chi connectivity index (χ1v) is 3.43. The highest BCUT2D eigenvalue weighted by molar-refractivity contribution is 5.50. The molecule has 1 heteroatoms. The maximum atomic E-state index is 3.82. The first-order chi connectivity index (χ1) is 4.88. The van der Waals surface area contributed by atoms with Crippen LogP contribution in [0.1, 0.15) is 5.56 Å². The molecule has 1 aromatic rings. The van der Waals surface area contributed by atoms with Crippen LogP contribution in [0.3, 0.4) is 0 Å². The van der Waals surface area contributed by atoms with E-state index in [9.17, 15) is 0 Å².